The van der Waals surface area contributed by atoms with E-state index in [1.807, 2.05) is 48.5 Å². The first-order valence-electron chi connectivity index (χ1n) is 8.13. The first-order chi connectivity index (χ1) is 11.7. The molecule has 1 N–H and O–H groups in total. The summed E-state index contributed by atoms with van der Waals surface area (Å²) in [6.07, 6.45) is 5.18. The molecule has 1 fully saturated rings. The van der Waals surface area contributed by atoms with Crippen LogP contribution in [0.4, 0.5) is 5.69 Å². The van der Waals surface area contributed by atoms with Gasteiger partial charge in [0.05, 0.1) is 11.4 Å². The lowest BCUT2D eigenvalue weighted by molar-refractivity contribution is -0.113. The largest absolute Gasteiger partial charge is 0.490 e. The molecule has 2 aromatic rings. The Balaban J connectivity index is 1.56. The molecule has 2 aromatic carbocycles. The van der Waals surface area contributed by atoms with Crippen LogP contribution in [0.1, 0.15) is 25.7 Å². The van der Waals surface area contributed by atoms with Crippen molar-refractivity contribution in [3.8, 4) is 17.2 Å². The summed E-state index contributed by atoms with van der Waals surface area (Å²) in [5.74, 6) is 2.28. The minimum atomic E-state index is -0.0819. The van der Waals surface area contributed by atoms with E-state index in [0.717, 1.165) is 35.8 Å². The van der Waals surface area contributed by atoms with Crippen LogP contribution in [-0.2, 0) is 4.79 Å². The number of anilines is 1. The minimum Gasteiger partial charge on any atom is -0.490 e. The number of halogens is 1. The van der Waals surface area contributed by atoms with Crippen molar-refractivity contribution in [2.45, 2.75) is 31.8 Å². The van der Waals surface area contributed by atoms with Gasteiger partial charge in [-0.3, -0.25) is 4.79 Å². The van der Waals surface area contributed by atoms with E-state index < -0.39 is 0 Å². The van der Waals surface area contributed by atoms with Crippen LogP contribution in [0.2, 0.25) is 0 Å². The Morgan fingerprint density at radius 2 is 1.50 bits per heavy atom. The SMILES string of the molecule is O=C(CBr)Nc1ccc(Oc2ccc(OC3CCCC3)cc2)cc1. The average molecular weight is 390 g/mol. The molecule has 24 heavy (non-hydrogen) atoms. The van der Waals surface area contributed by atoms with Gasteiger partial charge in [-0.15, -0.1) is 0 Å². The number of ether oxygens (including phenoxy) is 2. The Bertz CT molecular complexity index is 664. The summed E-state index contributed by atoms with van der Waals surface area (Å²) >= 11 is 3.12. The van der Waals surface area contributed by atoms with Gasteiger partial charge >= 0.3 is 0 Å². The predicted octanol–water partition coefficient (Wildman–Crippen LogP) is 5.13. The number of carbonyl (C=O) groups is 1. The number of rotatable bonds is 6. The maximum atomic E-state index is 11.3. The first-order valence-corrected chi connectivity index (χ1v) is 9.25. The number of benzene rings is 2. The second-order valence-corrected chi connectivity index (χ2v) is 6.36. The van der Waals surface area contributed by atoms with Crippen molar-refractivity contribution in [1.29, 1.82) is 0 Å². The zero-order chi connectivity index (χ0) is 16.8. The standard InChI is InChI=1S/C19H20BrNO3/c20-13-19(22)21-14-5-7-16(8-6-14)24-18-11-9-17(10-12-18)23-15-3-1-2-4-15/h5-12,15H,1-4,13H2,(H,21,22). The molecule has 5 heteroatoms. The maximum Gasteiger partial charge on any atom is 0.235 e. The number of carbonyl (C=O) groups excluding carboxylic acids is 1. The van der Waals surface area contributed by atoms with Crippen LogP contribution in [0, 0.1) is 0 Å². The molecule has 0 heterocycles. The van der Waals surface area contributed by atoms with E-state index in [0.29, 0.717) is 6.10 Å². The normalized spacial score (nSPS) is 14.4. The summed E-state index contributed by atoms with van der Waals surface area (Å²) in [5, 5.41) is 3.04. The van der Waals surface area contributed by atoms with Crippen molar-refractivity contribution in [3.63, 3.8) is 0 Å². The van der Waals surface area contributed by atoms with Crippen LogP contribution in [0.5, 0.6) is 17.2 Å². The highest BCUT2D eigenvalue weighted by atomic mass is 79.9. The van der Waals surface area contributed by atoms with E-state index in [1.165, 1.54) is 12.8 Å². The number of amides is 1. The van der Waals surface area contributed by atoms with Gasteiger partial charge in [0, 0.05) is 5.69 Å². The smallest absolute Gasteiger partial charge is 0.235 e. The molecule has 0 unspecified atom stereocenters. The fourth-order valence-electron chi connectivity index (χ4n) is 2.72. The summed E-state index contributed by atoms with van der Waals surface area (Å²) in [7, 11) is 0. The first kappa shape index (κ1) is 16.8. The molecule has 1 saturated carbocycles. The molecular formula is C19H20BrNO3. The Hall–Kier alpha value is -2.01. The minimum absolute atomic E-state index is 0.0819. The third kappa shape index (κ3) is 4.74. The molecule has 0 radical (unpaired) electrons. The molecule has 126 valence electrons. The molecule has 0 atom stereocenters. The quantitative estimate of drug-likeness (QED) is 0.696. The molecule has 1 aliphatic rings. The Morgan fingerprint density at radius 3 is 2.08 bits per heavy atom. The zero-order valence-electron chi connectivity index (χ0n) is 13.3. The van der Waals surface area contributed by atoms with Crippen molar-refractivity contribution in [2.75, 3.05) is 10.6 Å². The van der Waals surface area contributed by atoms with Crippen LogP contribution in [0.25, 0.3) is 0 Å². The predicted molar refractivity (Wildman–Crippen MR) is 98.3 cm³/mol. The van der Waals surface area contributed by atoms with Crippen LogP contribution < -0.4 is 14.8 Å². The van der Waals surface area contributed by atoms with Gasteiger partial charge in [-0.1, -0.05) is 15.9 Å². The number of hydrogen-bond donors (Lipinski definition) is 1. The molecular weight excluding hydrogens is 370 g/mol. The van der Waals surface area contributed by atoms with Crippen LogP contribution in [0.15, 0.2) is 48.5 Å². The second kappa shape index (κ2) is 8.20. The van der Waals surface area contributed by atoms with E-state index in [9.17, 15) is 4.79 Å². The Labute approximate surface area is 150 Å². The Kier molecular flexibility index (Phi) is 5.75. The van der Waals surface area contributed by atoms with Gasteiger partial charge in [-0.2, -0.15) is 0 Å². The fourth-order valence-corrected chi connectivity index (χ4v) is 2.86. The lowest BCUT2D eigenvalue weighted by Gasteiger charge is -2.13. The number of alkyl halides is 1. The summed E-state index contributed by atoms with van der Waals surface area (Å²) in [4.78, 5) is 11.3. The third-order valence-electron chi connectivity index (χ3n) is 3.92. The van der Waals surface area contributed by atoms with Gasteiger partial charge in [-0.25, -0.2) is 0 Å². The monoisotopic (exact) mass is 389 g/mol. The van der Waals surface area contributed by atoms with Gasteiger partial charge in [0.2, 0.25) is 5.91 Å². The lowest BCUT2D eigenvalue weighted by Crippen LogP contribution is -2.11. The van der Waals surface area contributed by atoms with E-state index in [1.54, 1.807) is 0 Å². The summed E-state index contributed by atoms with van der Waals surface area (Å²) in [5.41, 5.74) is 0.743. The molecule has 0 spiro atoms. The van der Waals surface area contributed by atoms with Gasteiger partial charge in [0.25, 0.3) is 0 Å². The van der Waals surface area contributed by atoms with Crippen molar-refractivity contribution in [3.05, 3.63) is 48.5 Å². The second-order valence-electron chi connectivity index (χ2n) is 5.80. The van der Waals surface area contributed by atoms with Crippen molar-refractivity contribution >= 4 is 27.5 Å². The van der Waals surface area contributed by atoms with Crippen LogP contribution in [0.3, 0.4) is 0 Å². The van der Waals surface area contributed by atoms with Gasteiger partial charge < -0.3 is 14.8 Å². The summed E-state index contributed by atoms with van der Waals surface area (Å²) in [6, 6.07) is 15.0. The van der Waals surface area contributed by atoms with E-state index >= 15 is 0 Å². The highest BCUT2D eigenvalue weighted by Gasteiger charge is 2.16. The molecule has 0 aromatic heterocycles. The number of hydrogen-bond acceptors (Lipinski definition) is 3. The fraction of sp³-hybridized carbons (Fsp3) is 0.316. The molecule has 0 saturated heterocycles. The number of nitrogens with one attached hydrogen (secondary N) is 1. The molecule has 1 amide bonds. The highest BCUT2D eigenvalue weighted by molar-refractivity contribution is 9.09. The van der Waals surface area contributed by atoms with E-state index in [-0.39, 0.29) is 11.2 Å². The van der Waals surface area contributed by atoms with Crippen molar-refractivity contribution in [2.24, 2.45) is 0 Å². The summed E-state index contributed by atoms with van der Waals surface area (Å²) < 4.78 is 11.8. The summed E-state index contributed by atoms with van der Waals surface area (Å²) in [6.45, 7) is 0. The molecule has 0 bridgehead atoms. The molecule has 1 aliphatic carbocycles. The van der Waals surface area contributed by atoms with E-state index in [2.05, 4.69) is 21.2 Å². The molecule has 0 aliphatic heterocycles. The van der Waals surface area contributed by atoms with Crippen LogP contribution >= 0.6 is 15.9 Å². The van der Waals surface area contributed by atoms with Crippen molar-refractivity contribution < 1.29 is 14.3 Å². The van der Waals surface area contributed by atoms with Crippen molar-refractivity contribution in [1.82, 2.24) is 0 Å². The zero-order valence-corrected chi connectivity index (χ0v) is 14.9. The lowest BCUT2D eigenvalue weighted by atomic mass is 10.2. The Morgan fingerprint density at radius 1 is 0.958 bits per heavy atom. The van der Waals surface area contributed by atoms with Gasteiger partial charge in [-0.05, 0) is 74.2 Å². The van der Waals surface area contributed by atoms with E-state index in [4.69, 9.17) is 9.47 Å². The third-order valence-corrected chi connectivity index (χ3v) is 4.43. The molecule has 4 nitrogen and oxygen atoms in total. The van der Waals surface area contributed by atoms with Crippen LogP contribution in [-0.4, -0.2) is 17.3 Å². The van der Waals surface area contributed by atoms with Gasteiger partial charge in [0.1, 0.15) is 17.2 Å². The maximum absolute atomic E-state index is 11.3. The topological polar surface area (TPSA) is 47.6 Å². The average Bonchev–Trinajstić information content (AvgIpc) is 3.11. The van der Waals surface area contributed by atoms with Gasteiger partial charge in [0.15, 0.2) is 0 Å². The molecule has 3 rings (SSSR count). The highest BCUT2D eigenvalue weighted by Crippen LogP contribution is 2.28.